The van der Waals surface area contributed by atoms with Gasteiger partial charge in [0.15, 0.2) is 0 Å². The largest absolute Gasteiger partial charge is 0.462 e. The van der Waals surface area contributed by atoms with Gasteiger partial charge in [0.05, 0.1) is 42.0 Å². The number of carbonyl (C=O) groups excluding carboxylic acids is 1. The van der Waals surface area contributed by atoms with E-state index in [-0.39, 0.29) is 29.8 Å². The van der Waals surface area contributed by atoms with Crippen LogP contribution in [0.4, 0.5) is 0 Å². The molecule has 1 heterocycles. The maximum Gasteiger partial charge on any atom is 0.309 e. The minimum absolute atomic E-state index is 0.0982. The number of ether oxygens (including phenoxy) is 4. The molecule has 4 N–H and O–H groups in total. The molecule has 1 fully saturated rings. The molecule has 9 heteroatoms. The highest BCUT2D eigenvalue weighted by molar-refractivity contribution is 5.86. The Morgan fingerprint density at radius 2 is 1.72 bits per heavy atom. The van der Waals surface area contributed by atoms with Crippen molar-refractivity contribution in [2.24, 2.45) is 29.6 Å². The van der Waals surface area contributed by atoms with Crippen molar-refractivity contribution >= 4 is 11.7 Å². The van der Waals surface area contributed by atoms with Gasteiger partial charge < -0.3 is 39.7 Å². The molecule has 1 aliphatic heterocycles. The lowest BCUT2D eigenvalue weighted by Gasteiger charge is -2.49. The standard InChI is InChI=1S/C34H63NO8/c1-13-26(14-2)43-32(39)24(8)29(28-18-33(10,40-11)31(38)25(9)42-28)21(5)16-34(41-12,15-20(3)4)17-22(6)30(35)23(7)27(37)19-36/h21-29,31,35-38H,3,13-19H2,1-2,4-12H3/t21-,22-,23-,24-,25+,27+,28-,29?,31+,33-,34+/m1/s1. The smallest absolute Gasteiger partial charge is 0.309 e. The van der Waals surface area contributed by atoms with Crippen LogP contribution < -0.4 is 0 Å². The van der Waals surface area contributed by atoms with Gasteiger partial charge in [-0.15, -0.1) is 6.58 Å². The first kappa shape index (κ1) is 39.7. The Bertz CT molecular complexity index is 894. The lowest BCUT2D eigenvalue weighted by molar-refractivity contribution is -0.233. The molecule has 1 rings (SSSR count). The molecule has 0 aromatic rings. The van der Waals surface area contributed by atoms with Gasteiger partial charge in [-0.25, -0.2) is 0 Å². The lowest BCUT2D eigenvalue weighted by Crippen LogP contribution is -2.58. The van der Waals surface area contributed by atoms with Gasteiger partial charge in [-0.2, -0.15) is 0 Å². The summed E-state index contributed by atoms with van der Waals surface area (Å²) >= 11 is 0. The first-order chi connectivity index (χ1) is 20.0. The number of aliphatic hydroxyl groups excluding tert-OH is 3. The third kappa shape index (κ3) is 10.3. The molecule has 0 aromatic heterocycles. The Morgan fingerprint density at radius 1 is 1.14 bits per heavy atom. The van der Waals surface area contributed by atoms with Crippen molar-refractivity contribution in [2.45, 2.75) is 143 Å². The van der Waals surface area contributed by atoms with Crippen LogP contribution in [-0.2, 0) is 23.7 Å². The molecule has 0 saturated carbocycles. The van der Waals surface area contributed by atoms with E-state index in [1.54, 1.807) is 21.1 Å². The third-order valence-electron chi connectivity index (χ3n) is 9.98. The molecule has 0 aliphatic carbocycles. The Labute approximate surface area is 261 Å². The summed E-state index contributed by atoms with van der Waals surface area (Å²) in [6.07, 6.45) is 0.611. The Balaban J connectivity index is 3.53. The molecule has 1 aliphatic rings. The van der Waals surface area contributed by atoms with Crippen molar-refractivity contribution in [3.05, 3.63) is 12.2 Å². The van der Waals surface area contributed by atoms with Crippen molar-refractivity contribution in [3.63, 3.8) is 0 Å². The summed E-state index contributed by atoms with van der Waals surface area (Å²) in [5.74, 6) is -1.89. The fraction of sp³-hybridized carbons (Fsp3) is 0.882. The highest BCUT2D eigenvalue weighted by atomic mass is 16.6. The molecular weight excluding hydrogens is 550 g/mol. The summed E-state index contributed by atoms with van der Waals surface area (Å²) in [7, 11) is 3.27. The van der Waals surface area contributed by atoms with E-state index in [4.69, 9.17) is 24.4 Å². The SMILES string of the molecule is C=C(C)C[C@@](C[C@@H](C)C(=N)[C@H](C)[C@@H](O)CO)(C[C@@H](C)C([C@H]1C[C@@](C)(OC)[C@@H](O)[C@H](C)O1)[C@@H](C)C(=O)OC(CC)CC)OC. The van der Waals surface area contributed by atoms with E-state index in [0.29, 0.717) is 31.4 Å². The molecule has 43 heavy (non-hydrogen) atoms. The second kappa shape index (κ2) is 17.4. The zero-order chi connectivity index (χ0) is 33.3. The van der Waals surface area contributed by atoms with E-state index in [1.807, 2.05) is 48.5 Å². The molecular formula is C34H63NO8. The van der Waals surface area contributed by atoms with Gasteiger partial charge in [0.2, 0.25) is 0 Å². The van der Waals surface area contributed by atoms with Crippen molar-refractivity contribution < 1.29 is 39.1 Å². The second-order valence-electron chi connectivity index (χ2n) is 13.6. The fourth-order valence-corrected chi connectivity index (χ4v) is 7.13. The first-order valence-electron chi connectivity index (χ1n) is 16.1. The Kier molecular flexibility index (Phi) is 16.0. The number of carbonyl (C=O) groups is 1. The molecule has 1 unspecified atom stereocenters. The number of esters is 1. The van der Waals surface area contributed by atoms with Crippen molar-refractivity contribution in [3.8, 4) is 0 Å². The summed E-state index contributed by atoms with van der Waals surface area (Å²) < 4.78 is 24.5. The van der Waals surface area contributed by atoms with E-state index >= 15 is 0 Å². The quantitative estimate of drug-likeness (QED) is 0.0872. The maximum absolute atomic E-state index is 13.6. The number of methoxy groups -OCH3 is 2. The number of rotatable bonds is 19. The predicted octanol–water partition coefficient (Wildman–Crippen LogP) is 5.33. The van der Waals surface area contributed by atoms with Crippen LogP contribution in [0.15, 0.2) is 12.2 Å². The molecule has 0 aromatic carbocycles. The number of hydrogen-bond acceptors (Lipinski definition) is 9. The van der Waals surface area contributed by atoms with Crippen molar-refractivity contribution in [1.82, 2.24) is 0 Å². The normalized spacial score (nSPS) is 28.3. The molecule has 1 saturated heterocycles. The van der Waals surface area contributed by atoms with Crippen LogP contribution in [0.5, 0.6) is 0 Å². The number of aliphatic hydroxyl groups is 3. The minimum atomic E-state index is -1.01. The van der Waals surface area contributed by atoms with Crippen LogP contribution in [0.2, 0.25) is 0 Å². The molecule has 9 nitrogen and oxygen atoms in total. The predicted molar refractivity (Wildman–Crippen MR) is 170 cm³/mol. The van der Waals surface area contributed by atoms with E-state index in [2.05, 4.69) is 13.5 Å². The second-order valence-corrected chi connectivity index (χ2v) is 13.6. The van der Waals surface area contributed by atoms with Crippen molar-refractivity contribution in [2.75, 3.05) is 20.8 Å². The van der Waals surface area contributed by atoms with E-state index in [0.717, 1.165) is 18.4 Å². The van der Waals surface area contributed by atoms with Gasteiger partial charge in [-0.05, 0) is 64.7 Å². The van der Waals surface area contributed by atoms with Gasteiger partial charge in [-0.3, -0.25) is 4.79 Å². The monoisotopic (exact) mass is 613 g/mol. The minimum Gasteiger partial charge on any atom is -0.462 e. The first-order valence-corrected chi connectivity index (χ1v) is 16.1. The highest BCUT2D eigenvalue weighted by Crippen LogP contribution is 2.44. The highest BCUT2D eigenvalue weighted by Gasteiger charge is 2.51. The summed E-state index contributed by atoms with van der Waals surface area (Å²) in [5.41, 5.74) is -0.262. The van der Waals surface area contributed by atoms with Crippen LogP contribution >= 0.6 is 0 Å². The summed E-state index contributed by atoms with van der Waals surface area (Å²) in [4.78, 5) is 13.6. The Hall–Kier alpha value is -1.36. The average Bonchev–Trinajstić information content (AvgIpc) is 2.96. The van der Waals surface area contributed by atoms with Gasteiger partial charge in [0.1, 0.15) is 12.2 Å². The number of nitrogens with one attached hydrogen (secondary N) is 1. The zero-order valence-electron chi connectivity index (χ0n) is 28.8. The van der Waals surface area contributed by atoms with Crippen LogP contribution in [-0.4, -0.2) is 89.5 Å². The van der Waals surface area contributed by atoms with Crippen LogP contribution in [0.25, 0.3) is 0 Å². The Morgan fingerprint density at radius 3 is 2.19 bits per heavy atom. The van der Waals surface area contributed by atoms with Gasteiger partial charge in [-0.1, -0.05) is 47.1 Å². The maximum atomic E-state index is 13.6. The summed E-state index contributed by atoms with van der Waals surface area (Å²) in [6.45, 7) is 21.2. The number of hydrogen-bond donors (Lipinski definition) is 4. The molecule has 0 radical (unpaired) electrons. The summed E-state index contributed by atoms with van der Waals surface area (Å²) in [6, 6.07) is 0. The zero-order valence-corrected chi connectivity index (χ0v) is 28.8. The van der Waals surface area contributed by atoms with Crippen LogP contribution in [0.3, 0.4) is 0 Å². The van der Waals surface area contributed by atoms with Gasteiger partial charge in [0.25, 0.3) is 0 Å². The lowest BCUT2D eigenvalue weighted by atomic mass is 9.68. The fourth-order valence-electron chi connectivity index (χ4n) is 7.13. The van der Waals surface area contributed by atoms with Crippen LogP contribution in [0, 0.1) is 35.0 Å². The van der Waals surface area contributed by atoms with E-state index < -0.39 is 54.1 Å². The molecule has 252 valence electrons. The topological polar surface area (TPSA) is 139 Å². The molecule has 0 spiro atoms. The third-order valence-corrected chi connectivity index (χ3v) is 9.98. The van der Waals surface area contributed by atoms with Gasteiger partial charge in [0, 0.05) is 38.2 Å². The van der Waals surface area contributed by atoms with Crippen molar-refractivity contribution in [1.29, 1.82) is 5.41 Å². The van der Waals surface area contributed by atoms with Gasteiger partial charge >= 0.3 is 5.97 Å². The van der Waals surface area contributed by atoms with Crippen LogP contribution in [0.1, 0.15) is 101 Å². The van der Waals surface area contributed by atoms with E-state index in [9.17, 15) is 20.1 Å². The average molecular weight is 614 g/mol. The molecule has 11 atom stereocenters. The summed E-state index contributed by atoms with van der Waals surface area (Å²) in [5, 5.41) is 39.3. The van der Waals surface area contributed by atoms with E-state index in [1.165, 1.54) is 0 Å². The molecule has 0 amide bonds. The molecule has 0 bridgehead atoms.